The number of carbonyl (C=O) groups is 3. The second-order valence-electron chi connectivity index (χ2n) is 6.66. The topological polar surface area (TPSA) is 95.5 Å². The fourth-order valence-corrected chi connectivity index (χ4v) is 2.68. The molecule has 0 saturated heterocycles. The molecular formula is C20H24N2O4. The fraction of sp³-hybridized carbons (Fsp3) is 0.350. The van der Waals surface area contributed by atoms with Gasteiger partial charge in [-0.1, -0.05) is 44.2 Å². The molecule has 3 N–H and O–H groups in total. The van der Waals surface area contributed by atoms with Gasteiger partial charge in [-0.05, 0) is 35.2 Å². The number of aliphatic carboxylic acids is 1. The number of fused-ring (bicyclic) bond motifs is 1. The molecule has 0 saturated carbocycles. The van der Waals surface area contributed by atoms with E-state index in [0.717, 1.165) is 10.8 Å². The van der Waals surface area contributed by atoms with Gasteiger partial charge in [-0.2, -0.15) is 0 Å². The molecule has 6 nitrogen and oxygen atoms in total. The number of carbonyl (C=O) groups excluding carboxylic acids is 2. The molecule has 0 aliphatic carbocycles. The lowest BCUT2D eigenvalue weighted by atomic mass is 10.0. The first-order valence-corrected chi connectivity index (χ1v) is 8.66. The lowest BCUT2D eigenvalue weighted by Crippen LogP contribution is -2.42. The molecule has 0 bridgehead atoms. The Balaban J connectivity index is 1.84. The molecule has 0 unspecified atom stereocenters. The summed E-state index contributed by atoms with van der Waals surface area (Å²) in [6, 6.07) is 12.3. The van der Waals surface area contributed by atoms with Crippen molar-refractivity contribution in [3.63, 3.8) is 0 Å². The molecule has 0 aliphatic heterocycles. The molecule has 1 atom stereocenters. The van der Waals surface area contributed by atoms with E-state index in [1.54, 1.807) is 12.1 Å². The lowest BCUT2D eigenvalue weighted by Gasteiger charge is -2.16. The van der Waals surface area contributed by atoms with Crippen LogP contribution in [0.3, 0.4) is 0 Å². The molecule has 2 rings (SSSR count). The van der Waals surface area contributed by atoms with E-state index >= 15 is 0 Å². The van der Waals surface area contributed by atoms with Gasteiger partial charge >= 0.3 is 5.97 Å². The summed E-state index contributed by atoms with van der Waals surface area (Å²) in [5.74, 6) is -1.55. The van der Waals surface area contributed by atoms with Crippen molar-refractivity contribution < 1.29 is 19.5 Å². The maximum Gasteiger partial charge on any atom is 0.326 e. The summed E-state index contributed by atoms with van der Waals surface area (Å²) in [7, 11) is 0. The van der Waals surface area contributed by atoms with Crippen LogP contribution in [0.15, 0.2) is 42.5 Å². The van der Waals surface area contributed by atoms with Crippen LogP contribution in [0.4, 0.5) is 0 Å². The highest BCUT2D eigenvalue weighted by Gasteiger charge is 2.20. The number of hydrogen-bond acceptors (Lipinski definition) is 3. The van der Waals surface area contributed by atoms with Gasteiger partial charge in [0.25, 0.3) is 5.91 Å². The van der Waals surface area contributed by atoms with Crippen LogP contribution in [-0.2, 0) is 9.59 Å². The van der Waals surface area contributed by atoms with E-state index in [4.69, 9.17) is 5.11 Å². The number of amides is 2. The van der Waals surface area contributed by atoms with E-state index in [1.165, 1.54) is 0 Å². The van der Waals surface area contributed by atoms with E-state index in [9.17, 15) is 14.4 Å². The van der Waals surface area contributed by atoms with Gasteiger partial charge in [0, 0.05) is 18.5 Å². The molecule has 0 radical (unpaired) electrons. The zero-order chi connectivity index (χ0) is 19.1. The van der Waals surface area contributed by atoms with Crippen molar-refractivity contribution in [2.24, 2.45) is 5.92 Å². The summed E-state index contributed by atoms with van der Waals surface area (Å²) in [5, 5.41) is 16.3. The molecule has 6 heteroatoms. The van der Waals surface area contributed by atoms with Crippen molar-refractivity contribution in [2.75, 3.05) is 6.54 Å². The monoisotopic (exact) mass is 356 g/mol. The van der Waals surface area contributed by atoms with Crippen LogP contribution in [0.1, 0.15) is 37.0 Å². The first-order valence-electron chi connectivity index (χ1n) is 8.66. The average Bonchev–Trinajstić information content (AvgIpc) is 2.60. The van der Waals surface area contributed by atoms with Crippen LogP contribution < -0.4 is 10.6 Å². The van der Waals surface area contributed by atoms with Gasteiger partial charge in [-0.3, -0.25) is 9.59 Å². The van der Waals surface area contributed by atoms with Gasteiger partial charge in [0.2, 0.25) is 5.91 Å². The van der Waals surface area contributed by atoms with Gasteiger partial charge < -0.3 is 15.7 Å². The van der Waals surface area contributed by atoms with Crippen molar-refractivity contribution in [2.45, 2.75) is 32.7 Å². The van der Waals surface area contributed by atoms with Crippen molar-refractivity contribution in [1.29, 1.82) is 0 Å². The fourth-order valence-electron chi connectivity index (χ4n) is 2.68. The number of carboxylic acids is 1. The lowest BCUT2D eigenvalue weighted by molar-refractivity contribution is -0.142. The Kier molecular flexibility index (Phi) is 6.72. The number of benzene rings is 2. The van der Waals surface area contributed by atoms with E-state index in [2.05, 4.69) is 10.6 Å². The predicted octanol–water partition coefficient (Wildman–Crippen LogP) is 2.58. The highest BCUT2D eigenvalue weighted by atomic mass is 16.4. The largest absolute Gasteiger partial charge is 0.480 e. The van der Waals surface area contributed by atoms with Crippen LogP contribution in [0.25, 0.3) is 10.8 Å². The van der Waals surface area contributed by atoms with Gasteiger partial charge in [0.1, 0.15) is 6.04 Å². The summed E-state index contributed by atoms with van der Waals surface area (Å²) in [6.07, 6.45) is 0.395. The van der Waals surface area contributed by atoms with Crippen molar-refractivity contribution >= 4 is 28.6 Å². The highest BCUT2D eigenvalue weighted by molar-refractivity contribution is 5.98. The molecule has 0 aliphatic rings. The maximum atomic E-state index is 12.2. The molecule has 0 fully saturated rings. The predicted molar refractivity (Wildman–Crippen MR) is 99.9 cm³/mol. The third kappa shape index (κ3) is 5.58. The quantitative estimate of drug-likeness (QED) is 0.677. The van der Waals surface area contributed by atoms with Crippen molar-refractivity contribution in [3.8, 4) is 0 Å². The number of rotatable bonds is 8. The molecule has 2 aromatic carbocycles. The van der Waals surface area contributed by atoms with Crippen molar-refractivity contribution in [1.82, 2.24) is 10.6 Å². The Morgan fingerprint density at radius 3 is 2.38 bits per heavy atom. The smallest absolute Gasteiger partial charge is 0.326 e. The summed E-state index contributed by atoms with van der Waals surface area (Å²) in [4.78, 5) is 35.3. The maximum absolute atomic E-state index is 12.2. The number of hydrogen-bond donors (Lipinski definition) is 3. The van der Waals surface area contributed by atoms with Gasteiger partial charge in [0.15, 0.2) is 0 Å². The summed E-state index contributed by atoms with van der Waals surface area (Å²) >= 11 is 0. The Hall–Kier alpha value is -2.89. The van der Waals surface area contributed by atoms with E-state index in [0.29, 0.717) is 12.0 Å². The SMILES string of the molecule is CC(C)C[C@@H](NC(=O)CCNC(=O)c1ccc2ccccc2c1)C(=O)O. The highest BCUT2D eigenvalue weighted by Crippen LogP contribution is 2.15. The third-order valence-corrected chi connectivity index (χ3v) is 3.99. The molecular weight excluding hydrogens is 332 g/mol. The Morgan fingerprint density at radius 1 is 1.04 bits per heavy atom. The molecule has 138 valence electrons. The zero-order valence-corrected chi connectivity index (χ0v) is 15.0. The first-order chi connectivity index (χ1) is 12.4. The summed E-state index contributed by atoms with van der Waals surface area (Å²) in [6.45, 7) is 3.93. The summed E-state index contributed by atoms with van der Waals surface area (Å²) in [5.41, 5.74) is 0.521. The Bertz CT molecular complexity index is 801. The van der Waals surface area contributed by atoms with E-state index < -0.39 is 17.9 Å². The van der Waals surface area contributed by atoms with Crippen LogP contribution >= 0.6 is 0 Å². The van der Waals surface area contributed by atoms with Crippen LogP contribution in [-0.4, -0.2) is 35.5 Å². The molecule has 0 heterocycles. The molecule has 2 amide bonds. The second-order valence-corrected chi connectivity index (χ2v) is 6.66. The first kappa shape index (κ1) is 19.4. The molecule has 2 aromatic rings. The van der Waals surface area contributed by atoms with Crippen LogP contribution in [0.5, 0.6) is 0 Å². The van der Waals surface area contributed by atoms with Crippen LogP contribution in [0.2, 0.25) is 0 Å². The number of carboxylic acid groups (broad SMARTS) is 1. The van der Waals surface area contributed by atoms with Gasteiger partial charge in [-0.25, -0.2) is 4.79 Å². The van der Waals surface area contributed by atoms with E-state index in [-0.39, 0.29) is 24.8 Å². The summed E-state index contributed by atoms with van der Waals surface area (Å²) < 4.78 is 0. The van der Waals surface area contributed by atoms with Crippen molar-refractivity contribution in [3.05, 3.63) is 48.0 Å². The van der Waals surface area contributed by atoms with Gasteiger partial charge in [0.05, 0.1) is 0 Å². The van der Waals surface area contributed by atoms with Crippen LogP contribution in [0, 0.1) is 5.92 Å². The standard InChI is InChI=1S/C20H24N2O4/c1-13(2)11-17(20(25)26)22-18(23)9-10-21-19(24)16-8-7-14-5-3-4-6-15(14)12-16/h3-8,12-13,17H,9-11H2,1-2H3,(H,21,24)(H,22,23)(H,25,26)/t17-/m1/s1. The van der Waals surface area contributed by atoms with Gasteiger partial charge in [-0.15, -0.1) is 0 Å². The Labute approximate surface area is 152 Å². The molecule has 26 heavy (non-hydrogen) atoms. The Morgan fingerprint density at radius 2 is 1.73 bits per heavy atom. The minimum Gasteiger partial charge on any atom is -0.480 e. The second kappa shape index (κ2) is 8.99. The third-order valence-electron chi connectivity index (χ3n) is 3.99. The number of nitrogens with one attached hydrogen (secondary N) is 2. The normalized spacial score (nSPS) is 12.0. The zero-order valence-electron chi connectivity index (χ0n) is 15.0. The minimum absolute atomic E-state index is 0.0290. The minimum atomic E-state index is -1.05. The molecule has 0 aromatic heterocycles. The van der Waals surface area contributed by atoms with E-state index in [1.807, 2.05) is 44.2 Å². The average molecular weight is 356 g/mol. The molecule has 0 spiro atoms.